The highest BCUT2D eigenvalue weighted by Crippen LogP contribution is 2.26. The van der Waals surface area contributed by atoms with Crippen molar-refractivity contribution in [2.75, 3.05) is 6.61 Å². The van der Waals surface area contributed by atoms with Crippen molar-refractivity contribution in [2.24, 2.45) is 0 Å². The van der Waals surface area contributed by atoms with Crippen LogP contribution in [0.25, 0.3) is 0 Å². The molecule has 110 valence electrons. The highest BCUT2D eigenvalue weighted by Gasteiger charge is 2.28. The molecule has 0 saturated heterocycles. The van der Waals surface area contributed by atoms with Crippen LogP contribution in [0.3, 0.4) is 0 Å². The minimum absolute atomic E-state index is 0.427. The molecule has 1 aromatic heterocycles. The Morgan fingerprint density at radius 1 is 1.29 bits per heavy atom. The van der Waals surface area contributed by atoms with E-state index >= 15 is 0 Å². The van der Waals surface area contributed by atoms with E-state index in [9.17, 15) is 4.79 Å². The average Bonchev–Trinajstić information content (AvgIpc) is 3.05. The van der Waals surface area contributed by atoms with Crippen molar-refractivity contribution in [1.29, 1.82) is 0 Å². The summed E-state index contributed by atoms with van der Waals surface area (Å²) in [7, 11) is 0. The molecular weight excluding hydrogens is 268 g/mol. The second-order valence-electron chi connectivity index (χ2n) is 4.36. The van der Waals surface area contributed by atoms with E-state index in [1.165, 1.54) is 6.26 Å². The lowest BCUT2D eigenvalue weighted by Gasteiger charge is -2.23. The Balaban J connectivity index is 2.20. The lowest BCUT2D eigenvalue weighted by Crippen LogP contribution is -2.25. The first-order chi connectivity index (χ1) is 10.3. The number of furan rings is 1. The van der Waals surface area contributed by atoms with Gasteiger partial charge in [-0.25, -0.2) is 4.79 Å². The summed E-state index contributed by atoms with van der Waals surface area (Å²) < 4.78 is 16.5. The Hall–Kier alpha value is -2.33. The molecule has 1 heterocycles. The van der Waals surface area contributed by atoms with Gasteiger partial charge in [-0.2, -0.15) is 0 Å². The topological polar surface area (TPSA) is 48.7 Å². The summed E-state index contributed by atoms with van der Waals surface area (Å²) in [5.41, 5.74) is 0.480. The average molecular weight is 286 g/mol. The molecule has 4 nitrogen and oxygen atoms in total. The number of hydrogen-bond acceptors (Lipinski definition) is 4. The molecule has 0 amide bonds. The molecule has 0 spiro atoms. The van der Waals surface area contributed by atoms with Crippen LogP contribution in [0.15, 0.2) is 65.8 Å². The first-order valence-corrected chi connectivity index (χ1v) is 6.79. The summed E-state index contributed by atoms with van der Waals surface area (Å²) in [5, 5.41) is 0. The third-order valence-electron chi connectivity index (χ3n) is 2.96. The van der Waals surface area contributed by atoms with Crippen LogP contribution in [0.1, 0.15) is 29.1 Å². The maximum atomic E-state index is 12.2. The Morgan fingerprint density at radius 3 is 2.62 bits per heavy atom. The summed E-state index contributed by atoms with van der Waals surface area (Å²) in [6.07, 6.45) is 2.01. The number of esters is 1. The van der Waals surface area contributed by atoms with Crippen LogP contribution in [0.5, 0.6) is 0 Å². The summed E-state index contributed by atoms with van der Waals surface area (Å²) in [6.45, 7) is 6.09. The second-order valence-corrected chi connectivity index (χ2v) is 4.36. The van der Waals surface area contributed by atoms with Crippen LogP contribution in [0, 0.1) is 0 Å². The fourth-order valence-electron chi connectivity index (χ4n) is 1.97. The fourth-order valence-corrected chi connectivity index (χ4v) is 1.97. The Labute approximate surface area is 124 Å². The lowest BCUT2D eigenvalue weighted by molar-refractivity contribution is -0.0386. The molecule has 2 rings (SSSR count). The van der Waals surface area contributed by atoms with Gasteiger partial charge in [0.05, 0.1) is 11.8 Å². The lowest BCUT2D eigenvalue weighted by atomic mass is 10.1. The fraction of sp³-hybridized carbons (Fsp3) is 0.235. The van der Waals surface area contributed by atoms with E-state index in [4.69, 9.17) is 13.9 Å². The molecule has 2 aromatic rings. The van der Waals surface area contributed by atoms with Gasteiger partial charge in [0.15, 0.2) is 6.10 Å². The minimum Gasteiger partial charge on any atom is -0.465 e. The van der Waals surface area contributed by atoms with Gasteiger partial charge in [0.1, 0.15) is 11.9 Å². The van der Waals surface area contributed by atoms with E-state index in [1.54, 1.807) is 42.5 Å². The van der Waals surface area contributed by atoms with Crippen LogP contribution in [0.4, 0.5) is 0 Å². The van der Waals surface area contributed by atoms with Gasteiger partial charge in [-0.15, -0.1) is 6.58 Å². The zero-order valence-corrected chi connectivity index (χ0v) is 11.9. The molecule has 21 heavy (non-hydrogen) atoms. The van der Waals surface area contributed by atoms with E-state index in [-0.39, 0.29) is 0 Å². The van der Waals surface area contributed by atoms with Crippen molar-refractivity contribution in [2.45, 2.75) is 19.1 Å². The van der Waals surface area contributed by atoms with Crippen molar-refractivity contribution < 1.29 is 18.7 Å². The summed E-state index contributed by atoms with van der Waals surface area (Å²) >= 11 is 0. The standard InChI is InChI=1S/C17H18O4/c1-3-14(19-4-2)16(15-11-8-12-20-15)21-17(18)13-9-6-5-7-10-13/h3,5-12,14,16H,1,4H2,2H3. The molecule has 4 heteroatoms. The molecule has 2 atom stereocenters. The number of ether oxygens (including phenoxy) is 2. The van der Waals surface area contributed by atoms with Crippen LogP contribution >= 0.6 is 0 Å². The maximum absolute atomic E-state index is 12.2. The summed E-state index contributed by atoms with van der Waals surface area (Å²) in [6, 6.07) is 12.3. The van der Waals surface area contributed by atoms with E-state index in [0.717, 1.165) is 0 Å². The van der Waals surface area contributed by atoms with E-state index in [0.29, 0.717) is 17.9 Å². The van der Waals surface area contributed by atoms with Crippen molar-refractivity contribution in [3.63, 3.8) is 0 Å². The normalized spacial score (nSPS) is 13.4. The van der Waals surface area contributed by atoms with Gasteiger partial charge < -0.3 is 13.9 Å². The number of rotatable bonds is 7. The van der Waals surface area contributed by atoms with Gasteiger partial charge in [-0.3, -0.25) is 0 Å². The third-order valence-corrected chi connectivity index (χ3v) is 2.96. The van der Waals surface area contributed by atoms with Gasteiger partial charge in [-0.05, 0) is 31.2 Å². The highest BCUT2D eigenvalue weighted by atomic mass is 16.6. The number of carbonyl (C=O) groups excluding carboxylic acids is 1. The Kier molecular flexibility index (Phi) is 5.35. The minimum atomic E-state index is -0.662. The predicted molar refractivity (Wildman–Crippen MR) is 78.9 cm³/mol. The van der Waals surface area contributed by atoms with Gasteiger partial charge in [-0.1, -0.05) is 24.3 Å². The largest absolute Gasteiger partial charge is 0.465 e. The molecule has 0 radical (unpaired) electrons. The predicted octanol–water partition coefficient (Wildman–Crippen LogP) is 3.77. The molecule has 0 bridgehead atoms. The van der Waals surface area contributed by atoms with Crippen LogP contribution in [-0.4, -0.2) is 18.7 Å². The van der Waals surface area contributed by atoms with Crippen LogP contribution in [-0.2, 0) is 9.47 Å². The molecular formula is C17H18O4. The summed E-state index contributed by atoms with van der Waals surface area (Å²) in [4.78, 5) is 12.2. The monoisotopic (exact) mass is 286 g/mol. The zero-order valence-electron chi connectivity index (χ0n) is 11.9. The highest BCUT2D eigenvalue weighted by molar-refractivity contribution is 5.89. The van der Waals surface area contributed by atoms with Gasteiger partial charge in [0, 0.05) is 6.61 Å². The number of carbonyl (C=O) groups is 1. The molecule has 0 aliphatic carbocycles. The van der Waals surface area contributed by atoms with Crippen molar-refractivity contribution >= 4 is 5.97 Å². The SMILES string of the molecule is C=CC(OCC)C(OC(=O)c1ccccc1)c1ccco1. The first kappa shape index (κ1) is 15.1. The molecule has 0 fully saturated rings. The van der Waals surface area contributed by atoms with Gasteiger partial charge in [0.25, 0.3) is 0 Å². The third kappa shape index (κ3) is 3.83. The molecule has 0 saturated carbocycles. The molecule has 0 aliphatic rings. The smallest absolute Gasteiger partial charge is 0.338 e. The van der Waals surface area contributed by atoms with E-state index in [1.807, 2.05) is 13.0 Å². The maximum Gasteiger partial charge on any atom is 0.338 e. The van der Waals surface area contributed by atoms with Crippen molar-refractivity contribution in [3.05, 3.63) is 72.7 Å². The molecule has 2 unspecified atom stereocenters. The van der Waals surface area contributed by atoms with Crippen molar-refractivity contribution in [1.82, 2.24) is 0 Å². The number of hydrogen-bond donors (Lipinski definition) is 0. The van der Waals surface area contributed by atoms with Gasteiger partial charge >= 0.3 is 5.97 Å². The van der Waals surface area contributed by atoms with Crippen LogP contribution in [0.2, 0.25) is 0 Å². The molecule has 1 aromatic carbocycles. The Bertz CT molecular complexity index is 560. The van der Waals surface area contributed by atoms with Crippen LogP contribution < -0.4 is 0 Å². The number of benzene rings is 1. The Morgan fingerprint density at radius 2 is 2.05 bits per heavy atom. The van der Waals surface area contributed by atoms with Gasteiger partial charge in [0.2, 0.25) is 0 Å². The molecule has 0 N–H and O–H groups in total. The second kappa shape index (κ2) is 7.45. The van der Waals surface area contributed by atoms with E-state index < -0.39 is 18.2 Å². The quantitative estimate of drug-likeness (QED) is 0.574. The first-order valence-electron chi connectivity index (χ1n) is 6.79. The van der Waals surface area contributed by atoms with Crippen molar-refractivity contribution in [3.8, 4) is 0 Å². The zero-order chi connectivity index (χ0) is 15.1. The molecule has 0 aliphatic heterocycles. The van der Waals surface area contributed by atoms with E-state index in [2.05, 4.69) is 6.58 Å². The summed E-state index contributed by atoms with van der Waals surface area (Å²) in [5.74, 6) is 0.0983.